The van der Waals surface area contributed by atoms with E-state index in [1.807, 2.05) is 0 Å². The SMILES string of the molecule is C#Cc1cc(C#C)cc(C#C)c1.C#Cc1cc(C#C)cc(C#C)c1. The number of hydrogen-bond acceptors (Lipinski definition) is 0. The van der Waals surface area contributed by atoms with Crippen molar-refractivity contribution in [3.05, 3.63) is 69.8 Å². The van der Waals surface area contributed by atoms with Gasteiger partial charge in [0.1, 0.15) is 0 Å². The van der Waals surface area contributed by atoms with Crippen LogP contribution in [0.15, 0.2) is 36.4 Å². The zero-order valence-corrected chi connectivity index (χ0v) is 12.9. The Hall–Kier alpha value is -4.20. The third-order valence-electron chi connectivity index (χ3n) is 2.87. The predicted octanol–water partition coefficient (Wildman–Crippen LogP) is 3.26. The molecule has 2 rings (SSSR count). The minimum absolute atomic E-state index is 0.721. The normalized spacial score (nSPS) is 7.75. The van der Waals surface area contributed by atoms with Gasteiger partial charge in [-0.15, -0.1) is 38.5 Å². The summed E-state index contributed by atoms with van der Waals surface area (Å²) >= 11 is 0. The molecule has 0 aliphatic heterocycles. The average Bonchev–Trinajstić information content (AvgIpc) is 2.67. The second-order valence-electron chi connectivity index (χ2n) is 4.46. The Labute approximate surface area is 144 Å². The summed E-state index contributed by atoms with van der Waals surface area (Å²) in [6.07, 6.45) is 31.3. The predicted molar refractivity (Wildman–Crippen MR) is 100 cm³/mol. The van der Waals surface area contributed by atoms with Crippen molar-refractivity contribution in [1.82, 2.24) is 0 Å². The third-order valence-corrected chi connectivity index (χ3v) is 2.87. The maximum absolute atomic E-state index is 5.21. The fraction of sp³-hybridized carbons (Fsp3) is 0. The van der Waals surface area contributed by atoms with Gasteiger partial charge in [0.05, 0.1) is 0 Å². The highest BCUT2D eigenvalue weighted by molar-refractivity contribution is 5.50. The van der Waals surface area contributed by atoms with Crippen molar-refractivity contribution in [3.8, 4) is 74.1 Å². The molecule has 0 aliphatic carbocycles. The smallest absolute Gasteiger partial charge is 0.0267 e. The summed E-state index contributed by atoms with van der Waals surface area (Å²) in [7, 11) is 0. The van der Waals surface area contributed by atoms with Crippen LogP contribution in [0.4, 0.5) is 0 Å². The highest BCUT2D eigenvalue weighted by atomic mass is 14.0. The largest absolute Gasteiger partial charge is 0.115 e. The fourth-order valence-corrected chi connectivity index (χ4v) is 1.76. The second-order valence-corrected chi connectivity index (χ2v) is 4.46. The van der Waals surface area contributed by atoms with Crippen molar-refractivity contribution >= 4 is 0 Å². The van der Waals surface area contributed by atoms with Crippen LogP contribution < -0.4 is 0 Å². The van der Waals surface area contributed by atoms with Crippen molar-refractivity contribution in [1.29, 1.82) is 0 Å². The summed E-state index contributed by atoms with van der Waals surface area (Å²) in [5, 5.41) is 0. The van der Waals surface area contributed by atoms with E-state index in [2.05, 4.69) is 35.5 Å². The Morgan fingerprint density at radius 3 is 0.542 bits per heavy atom. The zero-order chi connectivity index (χ0) is 17.9. The van der Waals surface area contributed by atoms with Gasteiger partial charge in [0.25, 0.3) is 0 Å². The van der Waals surface area contributed by atoms with Crippen LogP contribution >= 0.6 is 0 Å². The van der Waals surface area contributed by atoms with Crippen molar-refractivity contribution in [2.75, 3.05) is 0 Å². The lowest BCUT2D eigenvalue weighted by atomic mass is 10.1. The first-order chi connectivity index (χ1) is 11.6. The lowest BCUT2D eigenvalue weighted by molar-refractivity contribution is 1.56. The van der Waals surface area contributed by atoms with Crippen LogP contribution in [0, 0.1) is 74.1 Å². The molecule has 2 aromatic rings. The first-order valence-electron chi connectivity index (χ1n) is 6.70. The van der Waals surface area contributed by atoms with Gasteiger partial charge < -0.3 is 0 Å². The summed E-state index contributed by atoms with van der Waals surface area (Å²) in [6, 6.07) is 10.5. The Kier molecular flexibility index (Phi) is 6.66. The summed E-state index contributed by atoms with van der Waals surface area (Å²) in [6.45, 7) is 0. The summed E-state index contributed by atoms with van der Waals surface area (Å²) < 4.78 is 0. The highest BCUT2D eigenvalue weighted by Gasteiger charge is 1.95. The standard InChI is InChI=1S/2C12H6/c2*1-4-10-7-11(5-2)9-12(6-3)8-10/h2*1-3,7-9H. The number of rotatable bonds is 0. The first-order valence-corrected chi connectivity index (χ1v) is 6.70. The van der Waals surface area contributed by atoms with Gasteiger partial charge in [0.2, 0.25) is 0 Å². The molecule has 0 atom stereocenters. The zero-order valence-electron chi connectivity index (χ0n) is 12.9. The van der Waals surface area contributed by atoms with Crippen LogP contribution in [-0.2, 0) is 0 Å². The molecule has 0 amide bonds. The average molecular weight is 300 g/mol. The van der Waals surface area contributed by atoms with E-state index in [0.29, 0.717) is 0 Å². The molecule has 0 fully saturated rings. The van der Waals surface area contributed by atoms with Gasteiger partial charge >= 0.3 is 0 Å². The van der Waals surface area contributed by atoms with Gasteiger partial charge in [0.15, 0.2) is 0 Å². The van der Waals surface area contributed by atoms with Crippen LogP contribution in [0.25, 0.3) is 0 Å². The van der Waals surface area contributed by atoms with Crippen LogP contribution in [-0.4, -0.2) is 0 Å². The monoisotopic (exact) mass is 300 g/mol. The Balaban J connectivity index is 0.000000240. The molecule has 108 valence electrons. The number of terminal acetylenes is 6. The molecule has 0 nitrogen and oxygen atoms in total. The highest BCUT2D eigenvalue weighted by Crippen LogP contribution is 2.08. The summed E-state index contributed by atoms with van der Waals surface area (Å²) in [5.41, 5.74) is 4.32. The van der Waals surface area contributed by atoms with Crippen molar-refractivity contribution in [2.24, 2.45) is 0 Å². The van der Waals surface area contributed by atoms with Gasteiger partial charge in [-0.25, -0.2) is 0 Å². The molecule has 24 heavy (non-hydrogen) atoms. The summed E-state index contributed by atoms with van der Waals surface area (Å²) in [5.74, 6) is 14.9. The van der Waals surface area contributed by atoms with Gasteiger partial charge in [-0.1, -0.05) is 35.5 Å². The van der Waals surface area contributed by atoms with Crippen LogP contribution in [0.3, 0.4) is 0 Å². The fourth-order valence-electron chi connectivity index (χ4n) is 1.76. The van der Waals surface area contributed by atoms with Crippen molar-refractivity contribution in [3.63, 3.8) is 0 Å². The van der Waals surface area contributed by atoms with E-state index in [1.165, 1.54) is 0 Å². The molecule has 0 heterocycles. The quantitative estimate of drug-likeness (QED) is 0.655. The molecule has 0 spiro atoms. The second kappa shape index (κ2) is 8.95. The van der Waals surface area contributed by atoms with Gasteiger partial charge in [0, 0.05) is 33.4 Å². The molecule has 0 unspecified atom stereocenters. The number of benzene rings is 2. The van der Waals surface area contributed by atoms with E-state index < -0.39 is 0 Å². The lowest BCUT2D eigenvalue weighted by Crippen LogP contribution is -1.82. The van der Waals surface area contributed by atoms with Crippen molar-refractivity contribution in [2.45, 2.75) is 0 Å². The first kappa shape index (κ1) is 17.9. The van der Waals surface area contributed by atoms with E-state index in [-0.39, 0.29) is 0 Å². The van der Waals surface area contributed by atoms with E-state index in [1.54, 1.807) is 36.4 Å². The lowest BCUT2D eigenvalue weighted by Gasteiger charge is -1.95. The summed E-state index contributed by atoms with van der Waals surface area (Å²) in [4.78, 5) is 0. The maximum Gasteiger partial charge on any atom is 0.0267 e. The molecule has 2 aromatic carbocycles. The van der Waals surface area contributed by atoms with Crippen LogP contribution in [0.1, 0.15) is 33.4 Å². The molecule has 0 aromatic heterocycles. The van der Waals surface area contributed by atoms with Crippen LogP contribution in [0.2, 0.25) is 0 Å². The molecule has 0 saturated heterocycles. The van der Waals surface area contributed by atoms with Gasteiger partial charge in [-0.2, -0.15) is 0 Å². The van der Waals surface area contributed by atoms with Gasteiger partial charge in [-0.3, -0.25) is 0 Å². The Morgan fingerprint density at radius 1 is 0.333 bits per heavy atom. The molecule has 0 N–H and O–H groups in total. The topological polar surface area (TPSA) is 0 Å². The van der Waals surface area contributed by atoms with E-state index in [0.717, 1.165) is 33.4 Å². The Morgan fingerprint density at radius 2 is 0.458 bits per heavy atom. The van der Waals surface area contributed by atoms with Gasteiger partial charge in [-0.05, 0) is 36.4 Å². The Bertz CT molecular complexity index is 761. The minimum atomic E-state index is 0.721. The molecule has 0 aliphatic rings. The van der Waals surface area contributed by atoms with Crippen LogP contribution in [0.5, 0.6) is 0 Å². The number of hydrogen-bond donors (Lipinski definition) is 0. The maximum atomic E-state index is 5.21. The van der Waals surface area contributed by atoms with E-state index in [9.17, 15) is 0 Å². The minimum Gasteiger partial charge on any atom is -0.115 e. The molecular formula is C24H12. The molecular weight excluding hydrogens is 288 g/mol. The van der Waals surface area contributed by atoms with E-state index in [4.69, 9.17) is 38.5 Å². The third kappa shape index (κ3) is 4.97. The molecule has 0 saturated carbocycles. The van der Waals surface area contributed by atoms with Crippen molar-refractivity contribution < 1.29 is 0 Å². The molecule has 0 radical (unpaired) electrons. The van der Waals surface area contributed by atoms with E-state index >= 15 is 0 Å². The molecule has 0 heteroatoms. The molecule has 0 bridgehead atoms.